The summed E-state index contributed by atoms with van der Waals surface area (Å²) in [6.07, 6.45) is 5.84. The Morgan fingerprint density at radius 1 is 1.29 bits per heavy atom. The van der Waals surface area contributed by atoms with Gasteiger partial charge in [-0.25, -0.2) is 0 Å². The Hall–Kier alpha value is -1.28. The molecule has 0 bridgehead atoms. The van der Waals surface area contributed by atoms with Crippen LogP contribution in [0.1, 0.15) is 37.2 Å². The normalized spacial score (nSPS) is 21.0. The van der Waals surface area contributed by atoms with Gasteiger partial charge in [-0.05, 0) is 36.6 Å². The summed E-state index contributed by atoms with van der Waals surface area (Å²) in [5, 5.41) is 1.82. The van der Waals surface area contributed by atoms with Crippen LogP contribution >= 0.6 is 11.6 Å². The molecule has 3 rings (SSSR count). The number of aromatic amines is 1. The van der Waals surface area contributed by atoms with Gasteiger partial charge in [0.25, 0.3) is 0 Å². The molecule has 1 N–H and O–H groups in total. The van der Waals surface area contributed by atoms with Crippen molar-refractivity contribution in [1.29, 1.82) is 0 Å². The number of H-pyrrole nitrogens is 1. The number of hydrogen-bond acceptors (Lipinski definition) is 1. The molecular formula is C14H14ClNO. The van der Waals surface area contributed by atoms with Crippen molar-refractivity contribution in [2.45, 2.75) is 31.6 Å². The number of nitrogens with one attached hydrogen (secondary N) is 1. The highest BCUT2D eigenvalue weighted by Crippen LogP contribution is 2.35. The van der Waals surface area contributed by atoms with E-state index in [1.807, 2.05) is 24.4 Å². The van der Waals surface area contributed by atoms with Crippen molar-refractivity contribution in [3.05, 3.63) is 35.0 Å². The second kappa shape index (κ2) is 4.19. The second-order valence-corrected chi connectivity index (χ2v) is 5.14. The van der Waals surface area contributed by atoms with Crippen molar-refractivity contribution >= 4 is 28.3 Å². The minimum absolute atomic E-state index is 0.0657. The zero-order valence-electron chi connectivity index (χ0n) is 9.50. The van der Waals surface area contributed by atoms with Crippen LogP contribution in [0.2, 0.25) is 5.02 Å². The van der Waals surface area contributed by atoms with Gasteiger partial charge in [-0.2, -0.15) is 0 Å². The van der Waals surface area contributed by atoms with Crippen LogP contribution in [0, 0.1) is 0 Å². The zero-order valence-corrected chi connectivity index (χ0v) is 10.3. The molecule has 1 aromatic carbocycles. The van der Waals surface area contributed by atoms with Crippen molar-refractivity contribution in [1.82, 2.24) is 4.98 Å². The lowest BCUT2D eigenvalue weighted by Gasteiger charge is -2.19. The molecule has 0 radical (unpaired) electrons. The third-order valence-electron chi connectivity index (χ3n) is 3.61. The van der Waals surface area contributed by atoms with Crippen LogP contribution in [0.25, 0.3) is 10.9 Å². The topological polar surface area (TPSA) is 32.9 Å². The quantitative estimate of drug-likeness (QED) is 0.810. The van der Waals surface area contributed by atoms with Gasteiger partial charge < -0.3 is 4.98 Å². The van der Waals surface area contributed by atoms with E-state index in [0.717, 1.165) is 47.2 Å². The standard InChI is InChI=1S/C14H14ClNO/c15-9-5-6-13-11(7-9)12(8-16-13)10-3-1-2-4-14(10)17/h5-8,10,16H,1-4H2. The van der Waals surface area contributed by atoms with Crippen LogP contribution in [-0.4, -0.2) is 10.8 Å². The minimum atomic E-state index is 0.0657. The van der Waals surface area contributed by atoms with E-state index >= 15 is 0 Å². The summed E-state index contributed by atoms with van der Waals surface area (Å²) in [4.78, 5) is 15.2. The Morgan fingerprint density at radius 3 is 3.00 bits per heavy atom. The smallest absolute Gasteiger partial charge is 0.140 e. The number of aromatic nitrogens is 1. The molecule has 0 amide bonds. The summed E-state index contributed by atoms with van der Waals surface area (Å²) in [6, 6.07) is 5.78. The van der Waals surface area contributed by atoms with E-state index < -0.39 is 0 Å². The number of rotatable bonds is 1. The Labute approximate surface area is 105 Å². The van der Waals surface area contributed by atoms with E-state index in [1.165, 1.54) is 0 Å². The summed E-state index contributed by atoms with van der Waals surface area (Å²) in [7, 11) is 0. The third kappa shape index (κ3) is 1.87. The highest BCUT2D eigenvalue weighted by atomic mass is 35.5. The monoisotopic (exact) mass is 247 g/mol. The number of halogens is 1. The Bertz CT molecular complexity index is 573. The van der Waals surface area contributed by atoms with Gasteiger partial charge in [0.2, 0.25) is 0 Å². The molecule has 1 aliphatic rings. The van der Waals surface area contributed by atoms with Gasteiger partial charge in [0.15, 0.2) is 0 Å². The molecule has 17 heavy (non-hydrogen) atoms. The van der Waals surface area contributed by atoms with Crippen LogP contribution in [0.5, 0.6) is 0 Å². The number of fused-ring (bicyclic) bond motifs is 1. The van der Waals surface area contributed by atoms with Crippen LogP contribution < -0.4 is 0 Å². The third-order valence-corrected chi connectivity index (χ3v) is 3.84. The average molecular weight is 248 g/mol. The molecule has 1 fully saturated rings. The molecule has 2 aromatic rings. The molecule has 0 spiro atoms. The Balaban J connectivity index is 2.10. The van der Waals surface area contributed by atoms with E-state index in [0.29, 0.717) is 5.78 Å². The first-order valence-electron chi connectivity index (χ1n) is 6.05. The summed E-state index contributed by atoms with van der Waals surface area (Å²) < 4.78 is 0. The number of Topliss-reactive ketones (excluding diaryl/α,β-unsaturated/α-hetero) is 1. The summed E-state index contributed by atoms with van der Waals surface area (Å²) in [6.45, 7) is 0. The van der Waals surface area contributed by atoms with Crippen LogP contribution in [0.15, 0.2) is 24.4 Å². The molecule has 1 atom stereocenters. The van der Waals surface area contributed by atoms with Gasteiger partial charge in [-0.3, -0.25) is 4.79 Å². The first-order chi connectivity index (χ1) is 8.25. The molecule has 88 valence electrons. The van der Waals surface area contributed by atoms with E-state index in [1.54, 1.807) is 0 Å². The molecule has 1 saturated carbocycles. The maximum absolute atomic E-state index is 12.0. The molecule has 3 heteroatoms. The fourth-order valence-electron chi connectivity index (χ4n) is 2.71. The van der Waals surface area contributed by atoms with Crippen molar-refractivity contribution in [3.8, 4) is 0 Å². The van der Waals surface area contributed by atoms with E-state index in [4.69, 9.17) is 11.6 Å². The van der Waals surface area contributed by atoms with Crippen molar-refractivity contribution in [2.24, 2.45) is 0 Å². The Kier molecular flexibility index (Phi) is 2.67. The van der Waals surface area contributed by atoms with Crippen molar-refractivity contribution in [3.63, 3.8) is 0 Å². The number of carbonyl (C=O) groups excluding carboxylic acids is 1. The predicted molar refractivity (Wildman–Crippen MR) is 69.5 cm³/mol. The first-order valence-corrected chi connectivity index (χ1v) is 6.43. The van der Waals surface area contributed by atoms with Gasteiger partial charge in [0, 0.05) is 34.5 Å². The fourth-order valence-corrected chi connectivity index (χ4v) is 2.89. The summed E-state index contributed by atoms with van der Waals surface area (Å²) in [5.41, 5.74) is 2.18. The van der Waals surface area contributed by atoms with Crippen molar-refractivity contribution < 1.29 is 4.79 Å². The molecular weight excluding hydrogens is 234 g/mol. The number of carbonyl (C=O) groups is 1. The number of ketones is 1. The van der Waals surface area contributed by atoms with E-state index in [-0.39, 0.29) is 5.92 Å². The molecule has 1 heterocycles. The van der Waals surface area contributed by atoms with E-state index in [2.05, 4.69) is 4.98 Å². The van der Waals surface area contributed by atoms with Gasteiger partial charge in [-0.1, -0.05) is 18.0 Å². The minimum Gasteiger partial charge on any atom is -0.361 e. The maximum Gasteiger partial charge on any atom is 0.140 e. The molecule has 0 aliphatic heterocycles. The van der Waals surface area contributed by atoms with Crippen LogP contribution in [0.4, 0.5) is 0 Å². The number of benzene rings is 1. The lowest BCUT2D eigenvalue weighted by Crippen LogP contribution is -2.16. The van der Waals surface area contributed by atoms with Gasteiger partial charge in [-0.15, -0.1) is 0 Å². The first kappa shape index (κ1) is 10.8. The second-order valence-electron chi connectivity index (χ2n) is 4.70. The summed E-state index contributed by atoms with van der Waals surface area (Å²) >= 11 is 6.02. The molecule has 2 nitrogen and oxygen atoms in total. The fraction of sp³-hybridized carbons (Fsp3) is 0.357. The van der Waals surface area contributed by atoms with Gasteiger partial charge >= 0.3 is 0 Å². The summed E-state index contributed by atoms with van der Waals surface area (Å²) in [5.74, 6) is 0.438. The van der Waals surface area contributed by atoms with Crippen LogP contribution in [0.3, 0.4) is 0 Å². The average Bonchev–Trinajstić information content (AvgIpc) is 2.72. The molecule has 0 saturated heterocycles. The lowest BCUT2D eigenvalue weighted by atomic mass is 9.83. The number of hydrogen-bond donors (Lipinski definition) is 1. The van der Waals surface area contributed by atoms with E-state index in [9.17, 15) is 4.79 Å². The molecule has 1 aromatic heterocycles. The zero-order chi connectivity index (χ0) is 11.8. The van der Waals surface area contributed by atoms with Gasteiger partial charge in [0.05, 0.1) is 0 Å². The largest absolute Gasteiger partial charge is 0.361 e. The predicted octanol–water partition coefficient (Wildman–Crippen LogP) is 4.05. The highest BCUT2D eigenvalue weighted by molar-refractivity contribution is 6.31. The van der Waals surface area contributed by atoms with Crippen LogP contribution in [-0.2, 0) is 4.79 Å². The lowest BCUT2D eigenvalue weighted by molar-refractivity contribution is -0.121. The SMILES string of the molecule is O=C1CCCCC1c1c[nH]c2ccc(Cl)cc12. The van der Waals surface area contributed by atoms with Gasteiger partial charge in [0.1, 0.15) is 5.78 Å². The van der Waals surface area contributed by atoms with Crippen molar-refractivity contribution in [2.75, 3.05) is 0 Å². The Morgan fingerprint density at radius 2 is 2.18 bits per heavy atom. The molecule has 1 unspecified atom stereocenters. The maximum atomic E-state index is 12.0. The molecule has 1 aliphatic carbocycles. The highest BCUT2D eigenvalue weighted by Gasteiger charge is 2.25.